The van der Waals surface area contributed by atoms with Crippen molar-refractivity contribution in [2.75, 3.05) is 0 Å². The lowest BCUT2D eigenvalue weighted by molar-refractivity contribution is 1.05. The second-order valence-corrected chi connectivity index (χ2v) is 2.61. The summed E-state index contributed by atoms with van der Waals surface area (Å²) >= 11 is 0.881. The second-order valence-electron chi connectivity index (χ2n) is 1.85. The number of allylic oxidation sites excluding steroid dienone is 1. The number of H-pyrrole nitrogens is 1. The molecule has 11 heavy (non-hydrogen) atoms. The van der Waals surface area contributed by atoms with Gasteiger partial charge in [0, 0.05) is 11.5 Å². The van der Waals surface area contributed by atoms with E-state index in [1.54, 1.807) is 6.92 Å². The van der Waals surface area contributed by atoms with E-state index < -0.39 is 0 Å². The van der Waals surface area contributed by atoms with Crippen molar-refractivity contribution in [2.24, 2.45) is 10.2 Å². The van der Waals surface area contributed by atoms with Crippen LogP contribution in [0.5, 0.6) is 0 Å². The number of rotatable bonds is 2. The predicted octanol–water partition coefficient (Wildman–Crippen LogP) is 1.45. The summed E-state index contributed by atoms with van der Waals surface area (Å²) in [5, 5.41) is 10.7. The molecule has 0 atom stereocenters. The van der Waals surface area contributed by atoms with Crippen molar-refractivity contribution in [1.29, 1.82) is 0 Å². The fraction of sp³-hybridized carbons (Fsp3) is 0.200. The van der Waals surface area contributed by atoms with Crippen molar-refractivity contribution in [3.05, 3.63) is 21.8 Å². The normalized spacial score (nSPS) is 10.6. The van der Waals surface area contributed by atoms with Gasteiger partial charge in [-0.2, -0.15) is 5.11 Å². The van der Waals surface area contributed by atoms with Crippen LogP contribution >= 0.6 is 11.5 Å². The third-order valence-electron chi connectivity index (χ3n) is 0.788. The summed E-state index contributed by atoms with van der Waals surface area (Å²) in [4.78, 5) is 10.8. The van der Waals surface area contributed by atoms with Crippen LogP contribution in [0.3, 0.4) is 0 Å². The molecule has 0 amide bonds. The molecule has 0 aliphatic rings. The van der Waals surface area contributed by atoms with E-state index in [4.69, 9.17) is 0 Å². The highest BCUT2D eigenvalue weighted by molar-refractivity contribution is 7.03. The molecular formula is C5H6N4OS. The molecule has 0 aliphatic carbocycles. The highest BCUT2D eigenvalue weighted by Crippen LogP contribution is 2.02. The summed E-state index contributed by atoms with van der Waals surface area (Å²) in [5.74, 6) is 0.0815. The summed E-state index contributed by atoms with van der Waals surface area (Å²) in [7, 11) is 0. The van der Waals surface area contributed by atoms with Gasteiger partial charge in [-0.25, -0.2) is 4.49 Å². The lowest BCUT2D eigenvalue weighted by Crippen LogP contribution is -1.86. The molecule has 5 nitrogen and oxygen atoms in total. The molecule has 58 valence electrons. The van der Waals surface area contributed by atoms with E-state index in [9.17, 15) is 4.79 Å². The van der Waals surface area contributed by atoms with Gasteiger partial charge in [-0.3, -0.25) is 4.79 Å². The van der Waals surface area contributed by atoms with Crippen LogP contribution in [0.1, 0.15) is 6.92 Å². The topological polar surface area (TPSA) is 70.5 Å². The third-order valence-corrected chi connectivity index (χ3v) is 1.34. The van der Waals surface area contributed by atoms with Gasteiger partial charge in [-0.15, -0.1) is 10.2 Å². The Labute approximate surface area is 66.6 Å². The number of aromatic amines is 1. The summed E-state index contributed by atoms with van der Waals surface area (Å²) in [6.45, 7) is 5.17. The van der Waals surface area contributed by atoms with Crippen molar-refractivity contribution < 1.29 is 0 Å². The van der Waals surface area contributed by atoms with Gasteiger partial charge in [0.05, 0.1) is 5.70 Å². The Balaban J connectivity index is 2.88. The number of azo groups is 1. The van der Waals surface area contributed by atoms with Gasteiger partial charge >= 0.3 is 0 Å². The molecule has 1 N–H and O–H groups in total. The van der Waals surface area contributed by atoms with Crippen LogP contribution in [-0.4, -0.2) is 9.59 Å². The van der Waals surface area contributed by atoms with Gasteiger partial charge in [0.2, 0.25) is 0 Å². The summed E-state index contributed by atoms with van der Waals surface area (Å²) in [6.07, 6.45) is 0. The van der Waals surface area contributed by atoms with Crippen molar-refractivity contribution in [1.82, 2.24) is 9.59 Å². The maximum Gasteiger partial charge on any atom is 0.297 e. The van der Waals surface area contributed by atoms with Gasteiger partial charge in [-0.05, 0) is 6.92 Å². The molecule has 0 fully saturated rings. The van der Waals surface area contributed by atoms with Crippen LogP contribution in [0.15, 0.2) is 27.3 Å². The lowest BCUT2D eigenvalue weighted by atomic mass is 10.6. The van der Waals surface area contributed by atoms with Gasteiger partial charge in [0.15, 0.2) is 0 Å². The Morgan fingerprint density at radius 1 is 1.82 bits per heavy atom. The number of hydrogen-bond acceptors (Lipinski definition) is 5. The van der Waals surface area contributed by atoms with E-state index in [-0.39, 0.29) is 10.6 Å². The molecule has 1 aromatic rings. The Bertz CT molecular complexity index is 336. The summed E-state index contributed by atoms with van der Waals surface area (Å²) in [6, 6.07) is 0. The average Bonchev–Trinajstić information content (AvgIpc) is 2.31. The van der Waals surface area contributed by atoms with Crippen molar-refractivity contribution in [3.63, 3.8) is 0 Å². The fourth-order valence-corrected chi connectivity index (χ4v) is 0.787. The minimum Gasteiger partial charge on any atom is -0.272 e. The predicted molar refractivity (Wildman–Crippen MR) is 42.1 cm³/mol. The Morgan fingerprint density at radius 2 is 2.55 bits per heavy atom. The zero-order chi connectivity index (χ0) is 8.27. The molecule has 0 unspecified atom stereocenters. The Hall–Kier alpha value is -1.30. The molecule has 0 aliphatic heterocycles. The first-order valence-electron chi connectivity index (χ1n) is 2.81. The summed E-state index contributed by atoms with van der Waals surface area (Å²) in [5.41, 5.74) is 0.539. The van der Waals surface area contributed by atoms with Gasteiger partial charge < -0.3 is 0 Å². The van der Waals surface area contributed by atoms with Gasteiger partial charge in [-0.1, -0.05) is 6.58 Å². The van der Waals surface area contributed by atoms with E-state index >= 15 is 0 Å². The van der Waals surface area contributed by atoms with Crippen molar-refractivity contribution in [2.45, 2.75) is 6.92 Å². The Kier molecular flexibility index (Phi) is 2.27. The molecule has 1 heterocycles. The van der Waals surface area contributed by atoms with Crippen LogP contribution in [-0.2, 0) is 0 Å². The second kappa shape index (κ2) is 3.20. The molecule has 0 aromatic carbocycles. The van der Waals surface area contributed by atoms with Crippen LogP contribution in [0.4, 0.5) is 5.82 Å². The molecular weight excluding hydrogens is 164 g/mol. The molecule has 0 saturated carbocycles. The van der Waals surface area contributed by atoms with E-state index in [1.807, 2.05) is 0 Å². The molecule has 0 bridgehead atoms. The molecule has 0 saturated heterocycles. The largest absolute Gasteiger partial charge is 0.297 e. The maximum absolute atomic E-state index is 10.8. The summed E-state index contributed by atoms with van der Waals surface area (Å²) < 4.78 is 2.19. The van der Waals surface area contributed by atoms with E-state index in [0.717, 1.165) is 11.5 Å². The first-order valence-corrected chi connectivity index (χ1v) is 3.63. The van der Waals surface area contributed by atoms with Crippen LogP contribution in [0.2, 0.25) is 0 Å². The van der Waals surface area contributed by atoms with E-state index in [1.165, 1.54) is 0 Å². The highest BCUT2D eigenvalue weighted by Gasteiger charge is 1.98. The number of nitrogens with zero attached hydrogens (tertiary/aromatic N) is 3. The van der Waals surface area contributed by atoms with E-state index in [0.29, 0.717) is 5.70 Å². The first kappa shape index (κ1) is 7.80. The van der Waals surface area contributed by atoms with Crippen LogP contribution < -0.4 is 4.74 Å². The van der Waals surface area contributed by atoms with E-state index in [2.05, 4.69) is 26.4 Å². The lowest BCUT2D eigenvalue weighted by Gasteiger charge is -1.80. The molecule has 0 radical (unpaired) electrons. The Morgan fingerprint density at radius 3 is 3.00 bits per heavy atom. The molecule has 6 heteroatoms. The van der Waals surface area contributed by atoms with Crippen molar-refractivity contribution >= 4 is 17.4 Å². The molecule has 0 spiro atoms. The first-order chi connectivity index (χ1) is 5.20. The number of hydrogen-bond donors (Lipinski definition) is 1. The quantitative estimate of drug-likeness (QED) is 0.682. The maximum atomic E-state index is 10.8. The SMILES string of the molecule is C=C(C)N=Nc1n[nH]sc1=O. The van der Waals surface area contributed by atoms with Gasteiger partial charge in [0.1, 0.15) is 0 Å². The minimum atomic E-state index is -0.227. The molecule has 1 rings (SSSR count). The van der Waals surface area contributed by atoms with Gasteiger partial charge in [0.25, 0.3) is 10.6 Å². The zero-order valence-electron chi connectivity index (χ0n) is 5.87. The number of nitrogens with one attached hydrogen (secondary N) is 1. The highest BCUT2D eigenvalue weighted by atomic mass is 32.1. The minimum absolute atomic E-state index is 0.0815. The number of aromatic nitrogens is 2. The average molecular weight is 170 g/mol. The standard InChI is InChI=1S/C5H6N4OS/c1-3(2)6-7-4-5(10)11-9-8-4/h9H,1H2,2H3. The smallest absolute Gasteiger partial charge is 0.272 e. The molecule has 1 aromatic heterocycles. The zero-order valence-corrected chi connectivity index (χ0v) is 6.68. The monoisotopic (exact) mass is 170 g/mol. The fourth-order valence-electron chi connectivity index (χ4n) is 0.395. The van der Waals surface area contributed by atoms with Crippen LogP contribution in [0, 0.1) is 0 Å². The third kappa shape index (κ3) is 2.08. The van der Waals surface area contributed by atoms with Crippen molar-refractivity contribution in [3.8, 4) is 0 Å². The van der Waals surface area contributed by atoms with Crippen LogP contribution in [0.25, 0.3) is 0 Å².